The summed E-state index contributed by atoms with van der Waals surface area (Å²) in [4.78, 5) is 21.7. The Kier molecular flexibility index (Phi) is 4.34. The molecule has 0 saturated carbocycles. The normalized spacial score (nSPS) is 9.61. The minimum Gasteiger partial charge on any atom is -0.462 e. The van der Waals surface area contributed by atoms with Gasteiger partial charge in [-0.3, -0.25) is 10.1 Å². The molecule has 0 aliphatic carbocycles. The second-order valence-electron chi connectivity index (χ2n) is 3.24. The molecule has 0 fully saturated rings. The van der Waals surface area contributed by atoms with Gasteiger partial charge in [0, 0.05) is 6.07 Å². The van der Waals surface area contributed by atoms with Gasteiger partial charge in [-0.2, -0.15) is 5.26 Å². The van der Waals surface area contributed by atoms with Gasteiger partial charge in [0.25, 0.3) is 5.69 Å². The fourth-order valence-electron chi connectivity index (χ4n) is 1.47. The molecule has 1 rings (SSSR count). The van der Waals surface area contributed by atoms with Gasteiger partial charge in [0.05, 0.1) is 23.7 Å². The molecule has 0 atom stereocenters. The van der Waals surface area contributed by atoms with Gasteiger partial charge in [-0.1, -0.05) is 0 Å². The Morgan fingerprint density at radius 3 is 2.72 bits per heavy atom. The van der Waals surface area contributed by atoms with E-state index < -0.39 is 28.8 Å². The molecular weight excluding hydrogens is 240 g/mol. The highest BCUT2D eigenvalue weighted by Crippen LogP contribution is 2.25. The highest BCUT2D eigenvalue weighted by molar-refractivity contribution is 5.95. The van der Waals surface area contributed by atoms with Gasteiger partial charge in [-0.05, 0) is 18.6 Å². The van der Waals surface area contributed by atoms with Crippen LogP contribution in [0.1, 0.15) is 28.4 Å². The number of carbonyl (C=O) groups is 1. The summed E-state index contributed by atoms with van der Waals surface area (Å²) in [5, 5.41) is 28.8. The van der Waals surface area contributed by atoms with Gasteiger partial charge in [-0.25, -0.2) is 4.79 Å². The molecule has 0 unspecified atom stereocenters. The minimum absolute atomic E-state index is 0.0667. The standard InChI is InChI=1S/C11H10N2O5/c1-2-18-11(15)10-7(6-14)3-4-9(13(16)17)8(10)5-12/h3-4,14H,2,6H2,1H3. The van der Waals surface area contributed by atoms with E-state index in [2.05, 4.69) is 0 Å². The number of esters is 1. The van der Waals surface area contributed by atoms with Crippen molar-refractivity contribution in [3.05, 3.63) is 38.9 Å². The maximum Gasteiger partial charge on any atom is 0.340 e. The second kappa shape index (κ2) is 5.75. The molecule has 1 aromatic rings. The maximum absolute atomic E-state index is 11.7. The summed E-state index contributed by atoms with van der Waals surface area (Å²) in [6.45, 7) is 1.12. The number of carbonyl (C=O) groups excluding carboxylic acids is 1. The van der Waals surface area contributed by atoms with Gasteiger partial charge in [-0.15, -0.1) is 0 Å². The van der Waals surface area contributed by atoms with Gasteiger partial charge in [0.1, 0.15) is 11.6 Å². The largest absolute Gasteiger partial charge is 0.462 e. The second-order valence-corrected chi connectivity index (χ2v) is 3.24. The van der Waals surface area contributed by atoms with E-state index in [1.165, 1.54) is 6.07 Å². The fourth-order valence-corrected chi connectivity index (χ4v) is 1.47. The van der Waals surface area contributed by atoms with E-state index >= 15 is 0 Å². The van der Waals surface area contributed by atoms with Crippen LogP contribution in [0, 0.1) is 21.4 Å². The van der Waals surface area contributed by atoms with Gasteiger partial charge in [0.2, 0.25) is 0 Å². The number of nitrogens with zero attached hydrogens (tertiary/aromatic N) is 2. The number of hydrogen-bond donors (Lipinski definition) is 1. The predicted molar refractivity (Wildman–Crippen MR) is 59.7 cm³/mol. The van der Waals surface area contributed by atoms with Crippen LogP contribution in [0.15, 0.2) is 12.1 Å². The quantitative estimate of drug-likeness (QED) is 0.486. The maximum atomic E-state index is 11.7. The zero-order valence-electron chi connectivity index (χ0n) is 9.54. The zero-order chi connectivity index (χ0) is 13.7. The molecule has 1 N–H and O–H groups in total. The Morgan fingerprint density at radius 1 is 1.61 bits per heavy atom. The molecule has 94 valence electrons. The molecule has 0 aliphatic heterocycles. The third-order valence-corrected chi connectivity index (χ3v) is 2.23. The summed E-state index contributed by atoms with van der Waals surface area (Å²) in [6.07, 6.45) is 0. The van der Waals surface area contributed by atoms with Crippen LogP contribution >= 0.6 is 0 Å². The molecule has 0 saturated heterocycles. The van der Waals surface area contributed by atoms with Gasteiger partial charge < -0.3 is 9.84 Å². The van der Waals surface area contributed by atoms with E-state index in [1.54, 1.807) is 13.0 Å². The van der Waals surface area contributed by atoms with E-state index in [1.807, 2.05) is 0 Å². The number of nitro groups is 1. The molecule has 1 aromatic carbocycles. The molecule has 0 bridgehead atoms. The lowest BCUT2D eigenvalue weighted by molar-refractivity contribution is -0.385. The Balaban J connectivity index is 3.53. The van der Waals surface area contributed by atoms with Crippen LogP contribution in [0.4, 0.5) is 5.69 Å². The van der Waals surface area contributed by atoms with E-state index in [0.717, 1.165) is 6.07 Å². The lowest BCUT2D eigenvalue weighted by Crippen LogP contribution is -2.12. The van der Waals surface area contributed by atoms with E-state index in [9.17, 15) is 14.9 Å². The van der Waals surface area contributed by atoms with Crippen molar-refractivity contribution in [2.24, 2.45) is 0 Å². The van der Waals surface area contributed by atoms with Crippen molar-refractivity contribution in [3.63, 3.8) is 0 Å². The molecule has 0 radical (unpaired) electrons. The van der Waals surface area contributed by atoms with Crippen molar-refractivity contribution in [1.29, 1.82) is 5.26 Å². The third-order valence-electron chi connectivity index (χ3n) is 2.23. The molecule has 0 amide bonds. The summed E-state index contributed by atoms with van der Waals surface area (Å²) in [6, 6.07) is 3.91. The average molecular weight is 250 g/mol. The van der Waals surface area contributed by atoms with E-state index in [4.69, 9.17) is 15.1 Å². The summed E-state index contributed by atoms with van der Waals surface area (Å²) in [7, 11) is 0. The predicted octanol–water partition coefficient (Wildman–Crippen LogP) is 1.14. The van der Waals surface area contributed by atoms with Gasteiger partial charge in [0.15, 0.2) is 0 Å². The van der Waals surface area contributed by atoms with Crippen LogP contribution in [-0.2, 0) is 11.3 Å². The summed E-state index contributed by atoms with van der Waals surface area (Å²) in [5.74, 6) is -0.859. The van der Waals surface area contributed by atoms with Crippen molar-refractivity contribution < 1.29 is 19.6 Å². The van der Waals surface area contributed by atoms with Crippen LogP contribution < -0.4 is 0 Å². The Morgan fingerprint density at radius 2 is 2.28 bits per heavy atom. The summed E-state index contributed by atoms with van der Waals surface area (Å²) < 4.78 is 4.72. The first-order valence-corrected chi connectivity index (χ1v) is 5.05. The van der Waals surface area contributed by atoms with Crippen molar-refractivity contribution >= 4 is 11.7 Å². The minimum atomic E-state index is -0.859. The number of rotatable bonds is 4. The van der Waals surface area contributed by atoms with E-state index in [0.29, 0.717) is 0 Å². The number of nitro benzene ring substituents is 1. The van der Waals surface area contributed by atoms with Gasteiger partial charge >= 0.3 is 5.97 Å². The van der Waals surface area contributed by atoms with Crippen LogP contribution in [0.2, 0.25) is 0 Å². The lowest BCUT2D eigenvalue weighted by atomic mass is 10.0. The van der Waals surface area contributed by atoms with Crippen LogP contribution in [0.5, 0.6) is 0 Å². The Labute approximate surface area is 102 Å². The molecule has 18 heavy (non-hydrogen) atoms. The number of aliphatic hydroxyl groups excluding tert-OH is 1. The first kappa shape index (κ1) is 13.6. The SMILES string of the molecule is CCOC(=O)c1c(CO)ccc([N+](=O)[O-])c1C#N. The average Bonchev–Trinajstić information content (AvgIpc) is 2.36. The first-order valence-electron chi connectivity index (χ1n) is 5.05. The smallest absolute Gasteiger partial charge is 0.340 e. The highest BCUT2D eigenvalue weighted by Gasteiger charge is 2.25. The molecule has 0 aliphatic rings. The van der Waals surface area contributed by atoms with E-state index in [-0.39, 0.29) is 17.7 Å². The molecule has 7 nitrogen and oxygen atoms in total. The van der Waals surface area contributed by atoms with Crippen molar-refractivity contribution in [2.75, 3.05) is 6.61 Å². The number of nitriles is 1. The third kappa shape index (κ3) is 2.44. The lowest BCUT2D eigenvalue weighted by Gasteiger charge is -2.08. The van der Waals surface area contributed by atoms with Crippen molar-refractivity contribution in [1.82, 2.24) is 0 Å². The van der Waals surface area contributed by atoms with Crippen LogP contribution in [0.3, 0.4) is 0 Å². The zero-order valence-corrected chi connectivity index (χ0v) is 9.54. The topological polar surface area (TPSA) is 113 Å². The molecular formula is C11H10N2O5. The molecule has 7 heteroatoms. The number of benzene rings is 1. The first-order chi connectivity index (χ1) is 8.56. The summed E-state index contributed by atoms with van der Waals surface area (Å²) in [5.41, 5.74) is -1.02. The van der Waals surface area contributed by atoms with Crippen molar-refractivity contribution in [3.8, 4) is 6.07 Å². The monoisotopic (exact) mass is 250 g/mol. The van der Waals surface area contributed by atoms with Crippen LogP contribution in [0.25, 0.3) is 0 Å². The Bertz CT molecular complexity index is 533. The fraction of sp³-hybridized carbons (Fsp3) is 0.273. The summed E-state index contributed by atoms with van der Waals surface area (Å²) >= 11 is 0. The Hall–Kier alpha value is -2.46. The molecule has 0 aromatic heterocycles. The highest BCUT2D eigenvalue weighted by atomic mass is 16.6. The molecule has 0 heterocycles. The number of hydrogen-bond acceptors (Lipinski definition) is 6. The number of aliphatic hydroxyl groups is 1. The van der Waals surface area contributed by atoms with Crippen LogP contribution in [-0.4, -0.2) is 22.6 Å². The number of ether oxygens (including phenoxy) is 1. The molecule has 0 spiro atoms. The van der Waals surface area contributed by atoms with Crippen molar-refractivity contribution in [2.45, 2.75) is 13.5 Å².